The maximum absolute atomic E-state index is 11.8. The fourth-order valence-corrected chi connectivity index (χ4v) is 2.41. The lowest BCUT2D eigenvalue weighted by Gasteiger charge is -2.30. The Morgan fingerprint density at radius 3 is 3.06 bits per heavy atom. The lowest BCUT2D eigenvalue weighted by Crippen LogP contribution is -2.42. The zero-order valence-electron chi connectivity index (χ0n) is 10.2. The van der Waals surface area contributed by atoms with E-state index in [1.807, 2.05) is 0 Å². The SMILES string of the molecule is CC1(C)C=C(CC2COCCN2)C(=O)CC1. The van der Waals surface area contributed by atoms with Crippen molar-refractivity contribution in [3.05, 3.63) is 11.6 Å². The summed E-state index contributed by atoms with van der Waals surface area (Å²) in [6.07, 6.45) is 4.66. The Bertz CT molecular complexity index is 301. The Morgan fingerprint density at radius 2 is 2.38 bits per heavy atom. The third kappa shape index (κ3) is 2.92. The van der Waals surface area contributed by atoms with Crippen LogP contribution >= 0.6 is 0 Å². The van der Waals surface area contributed by atoms with Crippen LogP contribution in [0, 0.1) is 5.41 Å². The van der Waals surface area contributed by atoms with E-state index in [0.717, 1.165) is 38.2 Å². The number of ketones is 1. The summed E-state index contributed by atoms with van der Waals surface area (Å²) in [4.78, 5) is 11.8. The van der Waals surface area contributed by atoms with Gasteiger partial charge in [0.05, 0.1) is 13.2 Å². The fraction of sp³-hybridized carbons (Fsp3) is 0.769. The molecule has 1 aliphatic heterocycles. The molecular weight excluding hydrogens is 202 g/mol. The molecular formula is C13H21NO2. The summed E-state index contributed by atoms with van der Waals surface area (Å²) in [5, 5.41) is 3.40. The summed E-state index contributed by atoms with van der Waals surface area (Å²) in [6, 6.07) is 0.317. The van der Waals surface area contributed by atoms with Gasteiger partial charge in [0.25, 0.3) is 0 Å². The van der Waals surface area contributed by atoms with E-state index in [-0.39, 0.29) is 5.41 Å². The lowest BCUT2D eigenvalue weighted by molar-refractivity contribution is -0.116. The quantitative estimate of drug-likeness (QED) is 0.774. The predicted octanol–water partition coefficient (Wildman–Crippen LogP) is 1.68. The van der Waals surface area contributed by atoms with Crippen molar-refractivity contribution in [2.75, 3.05) is 19.8 Å². The van der Waals surface area contributed by atoms with Gasteiger partial charge in [0.2, 0.25) is 0 Å². The van der Waals surface area contributed by atoms with Gasteiger partial charge < -0.3 is 10.1 Å². The van der Waals surface area contributed by atoms with Crippen LogP contribution in [0.25, 0.3) is 0 Å². The number of hydrogen-bond donors (Lipinski definition) is 1. The molecule has 1 unspecified atom stereocenters. The Hall–Kier alpha value is -0.670. The highest BCUT2D eigenvalue weighted by atomic mass is 16.5. The fourth-order valence-electron chi connectivity index (χ4n) is 2.41. The zero-order valence-corrected chi connectivity index (χ0v) is 10.2. The van der Waals surface area contributed by atoms with Crippen LogP contribution in [0.3, 0.4) is 0 Å². The molecule has 3 heteroatoms. The molecule has 1 saturated heterocycles. The van der Waals surface area contributed by atoms with E-state index >= 15 is 0 Å². The molecule has 0 amide bonds. The Kier molecular flexibility index (Phi) is 3.45. The lowest BCUT2D eigenvalue weighted by atomic mass is 9.78. The summed E-state index contributed by atoms with van der Waals surface area (Å²) in [5.74, 6) is 0.326. The number of morpholine rings is 1. The second kappa shape index (κ2) is 4.68. The first-order valence-electron chi connectivity index (χ1n) is 6.13. The largest absolute Gasteiger partial charge is 0.379 e. The second-order valence-electron chi connectivity index (χ2n) is 5.51. The number of hydrogen-bond acceptors (Lipinski definition) is 3. The van der Waals surface area contributed by atoms with E-state index in [9.17, 15) is 4.79 Å². The minimum Gasteiger partial charge on any atom is -0.379 e. The predicted molar refractivity (Wildman–Crippen MR) is 63.3 cm³/mol. The Balaban J connectivity index is 2.01. The molecule has 1 fully saturated rings. The average Bonchev–Trinajstić information content (AvgIpc) is 2.25. The van der Waals surface area contributed by atoms with Crippen molar-refractivity contribution in [2.24, 2.45) is 5.41 Å². The molecule has 0 radical (unpaired) electrons. The van der Waals surface area contributed by atoms with E-state index in [1.54, 1.807) is 0 Å². The van der Waals surface area contributed by atoms with Gasteiger partial charge in [0.1, 0.15) is 0 Å². The molecule has 16 heavy (non-hydrogen) atoms. The van der Waals surface area contributed by atoms with Crippen molar-refractivity contribution in [1.82, 2.24) is 5.32 Å². The van der Waals surface area contributed by atoms with E-state index in [2.05, 4.69) is 25.2 Å². The van der Waals surface area contributed by atoms with Gasteiger partial charge in [0.15, 0.2) is 5.78 Å². The van der Waals surface area contributed by atoms with Gasteiger partial charge in [-0.1, -0.05) is 19.9 Å². The van der Waals surface area contributed by atoms with E-state index in [0.29, 0.717) is 18.2 Å². The number of carbonyl (C=O) groups is 1. The number of nitrogens with one attached hydrogen (secondary N) is 1. The number of carbonyl (C=O) groups excluding carboxylic acids is 1. The van der Waals surface area contributed by atoms with Crippen LogP contribution in [0.2, 0.25) is 0 Å². The molecule has 0 spiro atoms. The molecule has 1 heterocycles. The third-order valence-electron chi connectivity index (χ3n) is 3.38. The highest BCUT2D eigenvalue weighted by Crippen LogP contribution is 2.32. The first-order chi connectivity index (χ1) is 7.57. The van der Waals surface area contributed by atoms with E-state index in [1.165, 1.54) is 0 Å². The molecule has 2 aliphatic rings. The summed E-state index contributed by atoms with van der Waals surface area (Å²) in [7, 11) is 0. The second-order valence-corrected chi connectivity index (χ2v) is 5.51. The molecule has 3 nitrogen and oxygen atoms in total. The van der Waals surface area contributed by atoms with Gasteiger partial charge in [-0.2, -0.15) is 0 Å². The average molecular weight is 223 g/mol. The minimum absolute atomic E-state index is 0.179. The number of rotatable bonds is 2. The number of allylic oxidation sites excluding steroid dienone is 1. The number of Topliss-reactive ketones (excluding diaryl/α,β-unsaturated/α-hetero) is 1. The van der Waals surface area contributed by atoms with Crippen LogP contribution in [-0.2, 0) is 9.53 Å². The van der Waals surface area contributed by atoms with Crippen molar-refractivity contribution in [3.63, 3.8) is 0 Å². The molecule has 90 valence electrons. The molecule has 0 aromatic rings. The maximum atomic E-state index is 11.8. The third-order valence-corrected chi connectivity index (χ3v) is 3.38. The van der Waals surface area contributed by atoms with Crippen LogP contribution in [0.1, 0.15) is 33.1 Å². The van der Waals surface area contributed by atoms with Gasteiger partial charge in [-0.25, -0.2) is 0 Å². The monoisotopic (exact) mass is 223 g/mol. The Labute approximate surface area is 97.2 Å². The van der Waals surface area contributed by atoms with E-state index in [4.69, 9.17) is 4.74 Å². The maximum Gasteiger partial charge on any atom is 0.158 e. The highest BCUT2D eigenvalue weighted by molar-refractivity contribution is 5.96. The molecule has 1 atom stereocenters. The first kappa shape index (κ1) is 11.8. The van der Waals surface area contributed by atoms with Gasteiger partial charge in [-0.05, 0) is 23.8 Å². The van der Waals surface area contributed by atoms with Crippen molar-refractivity contribution in [3.8, 4) is 0 Å². The summed E-state index contributed by atoms with van der Waals surface area (Å²) in [6.45, 7) is 6.81. The van der Waals surface area contributed by atoms with Crippen molar-refractivity contribution in [1.29, 1.82) is 0 Å². The normalized spacial score (nSPS) is 30.0. The van der Waals surface area contributed by atoms with Crippen LogP contribution in [0.15, 0.2) is 11.6 Å². The van der Waals surface area contributed by atoms with Crippen molar-refractivity contribution < 1.29 is 9.53 Å². The molecule has 1 N–H and O–H groups in total. The van der Waals surface area contributed by atoms with Crippen molar-refractivity contribution >= 4 is 5.78 Å². The van der Waals surface area contributed by atoms with Gasteiger partial charge >= 0.3 is 0 Å². The Morgan fingerprint density at radius 1 is 1.56 bits per heavy atom. The molecule has 0 aromatic heterocycles. The smallest absolute Gasteiger partial charge is 0.158 e. The molecule has 1 aliphatic carbocycles. The van der Waals surface area contributed by atoms with Crippen LogP contribution in [-0.4, -0.2) is 31.6 Å². The van der Waals surface area contributed by atoms with E-state index < -0.39 is 0 Å². The van der Waals surface area contributed by atoms with Gasteiger partial charge in [0, 0.05) is 19.0 Å². The van der Waals surface area contributed by atoms with Crippen LogP contribution in [0.5, 0.6) is 0 Å². The van der Waals surface area contributed by atoms with Crippen LogP contribution in [0.4, 0.5) is 0 Å². The zero-order chi connectivity index (χ0) is 11.6. The topological polar surface area (TPSA) is 38.3 Å². The molecule has 2 rings (SSSR count). The summed E-state index contributed by atoms with van der Waals surface area (Å²) < 4.78 is 5.41. The van der Waals surface area contributed by atoms with Gasteiger partial charge in [-0.15, -0.1) is 0 Å². The standard InChI is InChI=1S/C13H21NO2/c1-13(2)4-3-12(15)10(8-13)7-11-9-16-6-5-14-11/h8,11,14H,3-7,9H2,1-2H3. The highest BCUT2D eigenvalue weighted by Gasteiger charge is 2.27. The summed E-state index contributed by atoms with van der Waals surface area (Å²) in [5.41, 5.74) is 1.18. The summed E-state index contributed by atoms with van der Waals surface area (Å²) >= 11 is 0. The molecule has 0 bridgehead atoms. The molecule has 0 saturated carbocycles. The minimum atomic E-state index is 0.179. The van der Waals surface area contributed by atoms with Crippen molar-refractivity contribution in [2.45, 2.75) is 39.2 Å². The first-order valence-corrected chi connectivity index (χ1v) is 6.13. The molecule has 0 aromatic carbocycles. The number of ether oxygens (including phenoxy) is 1. The van der Waals surface area contributed by atoms with Gasteiger partial charge in [-0.3, -0.25) is 4.79 Å². The van der Waals surface area contributed by atoms with Crippen LogP contribution < -0.4 is 5.32 Å².